The standard InChI is InChI=1S/C10H9NO4S/c1-16(13,14)11-7-2-3-10-8(6-7)9(12)4-5-15-10/h2-6,11H,1H3. The molecule has 0 amide bonds. The van der Waals surface area contributed by atoms with E-state index < -0.39 is 10.0 Å². The van der Waals surface area contributed by atoms with Crippen molar-refractivity contribution in [2.24, 2.45) is 0 Å². The molecular weight excluding hydrogens is 230 g/mol. The average Bonchev–Trinajstić information content (AvgIpc) is 2.17. The molecule has 1 aromatic heterocycles. The average molecular weight is 239 g/mol. The Bertz CT molecular complexity index is 687. The van der Waals surface area contributed by atoms with E-state index in [4.69, 9.17) is 4.42 Å². The van der Waals surface area contributed by atoms with Crippen molar-refractivity contribution in [3.05, 3.63) is 40.8 Å². The molecule has 0 aliphatic carbocycles. The number of nitrogens with one attached hydrogen (secondary N) is 1. The molecule has 0 saturated carbocycles. The first-order valence-corrected chi connectivity index (χ1v) is 6.34. The van der Waals surface area contributed by atoms with Crippen molar-refractivity contribution in [1.29, 1.82) is 0 Å². The van der Waals surface area contributed by atoms with Gasteiger partial charge in [0.05, 0.1) is 17.9 Å². The molecule has 1 heterocycles. The first-order chi connectivity index (χ1) is 7.46. The molecule has 2 aromatic rings. The first-order valence-electron chi connectivity index (χ1n) is 4.45. The van der Waals surface area contributed by atoms with E-state index in [9.17, 15) is 13.2 Å². The fraction of sp³-hybridized carbons (Fsp3) is 0.100. The molecule has 0 aliphatic rings. The van der Waals surface area contributed by atoms with Gasteiger partial charge in [0.2, 0.25) is 10.0 Å². The molecule has 0 atom stereocenters. The molecule has 6 heteroatoms. The van der Waals surface area contributed by atoms with E-state index in [0.717, 1.165) is 6.26 Å². The SMILES string of the molecule is CS(=O)(=O)Nc1ccc2occc(=O)c2c1. The topological polar surface area (TPSA) is 76.4 Å². The van der Waals surface area contributed by atoms with E-state index in [2.05, 4.69) is 4.72 Å². The third kappa shape index (κ3) is 2.22. The normalized spacial score (nSPS) is 11.6. The third-order valence-electron chi connectivity index (χ3n) is 1.96. The number of fused-ring (bicyclic) bond motifs is 1. The molecule has 0 bridgehead atoms. The minimum Gasteiger partial charge on any atom is -0.464 e. The van der Waals surface area contributed by atoms with Crippen LogP contribution in [-0.4, -0.2) is 14.7 Å². The van der Waals surface area contributed by atoms with Crippen LogP contribution in [0.1, 0.15) is 0 Å². The molecule has 5 nitrogen and oxygen atoms in total. The van der Waals surface area contributed by atoms with Crippen molar-refractivity contribution < 1.29 is 12.8 Å². The van der Waals surface area contributed by atoms with E-state index in [1.165, 1.54) is 24.5 Å². The van der Waals surface area contributed by atoms with Gasteiger partial charge in [-0.25, -0.2) is 8.42 Å². The zero-order chi connectivity index (χ0) is 11.8. The van der Waals surface area contributed by atoms with E-state index in [1.54, 1.807) is 6.07 Å². The monoisotopic (exact) mass is 239 g/mol. The van der Waals surface area contributed by atoms with Crippen LogP contribution < -0.4 is 10.2 Å². The molecule has 0 saturated heterocycles. The number of hydrogen-bond acceptors (Lipinski definition) is 4. The highest BCUT2D eigenvalue weighted by molar-refractivity contribution is 7.92. The molecule has 0 aliphatic heterocycles. The van der Waals surface area contributed by atoms with Gasteiger partial charge in [0.15, 0.2) is 5.43 Å². The predicted molar refractivity (Wildman–Crippen MR) is 61.0 cm³/mol. The van der Waals surface area contributed by atoms with Crippen molar-refractivity contribution in [3.8, 4) is 0 Å². The fourth-order valence-corrected chi connectivity index (χ4v) is 1.92. The van der Waals surface area contributed by atoms with Crippen LogP contribution in [0, 0.1) is 0 Å². The van der Waals surface area contributed by atoms with Gasteiger partial charge in [-0.15, -0.1) is 0 Å². The minimum atomic E-state index is -3.34. The molecule has 1 N–H and O–H groups in total. The first kappa shape index (κ1) is 10.7. The largest absolute Gasteiger partial charge is 0.464 e. The number of anilines is 1. The maximum atomic E-state index is 11.5. The zero-order valence-electron chi connectivity index (χ0n) is 8.43. The molecule has 0 unspecified atom stereocenters. The minimum absolute atomic E-state index is 0.210. The summed E-state index contributed by atoms with van der Waals surface area (Å²) in [6.45, 7) is 0. The summed E-state index contributed by atoms with van der Waals surface area (Å²) in [6, 6.07) is 5.81. The van der Waals surface area contributed by atoms with Crippen molar-refractivity contribution in [3.63, 3.8) is 0 Å². The van der Waals surface area contributed by atoms with Crippen LogP contribution in [0.4, 0.5) is 5.69 Å². The second-order valence-electron chi connectivity index (χ2n) is 3.37. The molecule has 0 radical (unpaired) electrons. The van der Waals surface area contributed by atoms with Crippen LogP contribution in [-0.2, 0) is 10.0 Å². The highest BCUT2D eigenvalue weighted by Gasteiger charge is 2.05. The van der Waals surface area contributed by atoms with Gasteiger partial charge in [-0.2, -0.15) is 0 Å². The molecule has 84 valence electrons. The van der Waals surface area contributed by atoms with E-state index >= 15 is 0 Å². The predicted octanol–water partition coefficient (Wildman–Crippen LogP) is 1.16. The van der Waals surface area contributed by atoms with E-state index in [1.807, 2.05) is 0 Å². The summed E-state index contributed by atoms with van der Waals surface area (Å²) in [5.74, 6) is 0. The molecule has 0 spiro atoms. The summed E-state index contributed by atoms with van der Waals surface area (Å²) in [5.41, 5.74) is 0.554. The molecule has 0 fully saturated rings. The van der Waals surface area contributed by atoms with Gasteiger partial charge >= 0.3 is 0 Å². The highest BCUT2D eigenvalue weighted by atomic mass is 32.2. The van der Waals surface area contributed by atoms with Crippen LogP contribution in [0.3, 0.4) is 0 Å². The van der Waals surface area contributed by atoms with Crippen molar-refractivity contribution in [2.45, 2.75) is 0 Å². The Morgan fingerprint density at radius 2 is 2.00 bits per heavy atom. The van der Waals surface area contributed by atoms with Gasteiger partial charge in [-0.3, -0.25) is 9.52 Å². The van der Waals surface area contributed by atoms with Crippen LogP contribution in [0.25, 0.3) is 11.0 Å². The summed E-state index contributed by atoms with van der Waals surface area (Å²) >= 11 is 0. The maximum Gasteiger partial charge on any atom is 0.229 e. The summed E-state index contributed by atoms with van der Waals surface area (Å²) in [5, 5.41) is 0.344. The van der Waals surface area contributed by atoms with E-state index in [-0.39, 0.29) is 5.43 Å². The van der Waals surface area contributed by atoms with Gasteiger partial charge in [0.1, 0.15) is 5.58 Å². The molecule has 16 heavy (non-hydrogen) atoms. The Morgan fingerprint density at radius 3 is 2.69 bits per heavy atom. The Labute approximate surface area is 91.8 Å². The number of rotatable bonds is 2. The Morgan fingerprint density at radius 1 is 1.25 bits per heavy atom. The Balaban J connectivity index is 2.60. The smallest absolute Gasteiger partial charge is 0.229 e. The van der Waals surface area contributed by atoms with Gasteiger partial charge in [0.25, 0.3) is 0 Å². The number of sulfonamides is 1. The van der Waals surface area contributed by atoms with Gasteiger partial charge in [-0.05, 0) is 18.2 Å². The van der Waals surface area contributed by atoms with Crippen molar-refractivity contribution in [1.82, 2.24) is 0 Å². The third-order valence-corrected chi connectivity index (χ3v) is 2.57. The summed E-state index contributed by atoms with van der Waals surface area (Å²) in [6.07, 6.45) is 2.35. The lowest BCUT2D eigenvalue weighted by Crippen LogP contribution is -2.10. The van der Waals surface area contributed by atoms with Gasteiger partial charge in [-0.1, -0.05) is 0 Å². The summed E-state index contributed by atoms with van der Waals surface area (Å²) in [4.78, 5) is 11.5. The lowest BCUT2D eigenvalue weighted by Gasteiger charge is -2.03. The number of hydrogen-bond donors (Lipinski definition) is 1. The summed E-state index contributed by atoms with van der Waals surface area (Å²) in [7, 11) is -3.34. The van der Waals surface area contributed by atoms with Crippen LogP contribution >= 0.6 is 0 Å². The van der Waals surface area contributed by atoms with Crippen LogP contribution in [0.15, 0.2) is 39.7 Å². The maximum absolute atomic E-state index is 11.5. The highest BCUT2D eigenvalue weighted by Crippen LogP contribution is 2.16. The van der Waals surface area contributed by atoms with Gasteiger partial charge in [0, 0.05) is 11.8 Å². The second kappa shape index (κ2) is 3.64. The van der Waals surface area contributed by atoms with Gasteiger partial charge < -0.3 is 4.42 Å². The summed E-state index contributed by atoms with van der Waals surface area (Å²) < 4.78 is 29.4. The van der Waals surface area contributed by atoms with Crippen LogP contribution in [0.2, 0.25) is 0 Å². The number of benzene rings is 1. The van der Waals surface area contributed by atoms with Crippen molar-refractivity contribution >= 4 is 26.7 Å². The van der Waals surface area contributed by atoms with E-state index in [0.29, 0.717) is 16.7 Å². The fourth-order valence-electron chi connectivity index (χ4n) is 1.36. The molecular formula is C10H9NO4S. The molecule has 1 aromatic carbocycles. The zero-order valence-corrected chi connectivity index (χ0v) is 9.24. The lowest BCUT2D eigenvalue weighted by atomic mass is 10.2. The molecule has 2 rings (SSSR count). The quantitative estimate of drug-likeness (QED) is 0.853. The van der Waals surface area contributed by atoms with Crippen molar-refractivity contribution in [2.75, 3.05) is 11.0 Å². The Kier molecular flexibility index (Phi) is 2.43. The van der Waals surface area contributed by atoms with Crippen LogP contribution in [0.5, 0.6) is 0 Å². The second-order valence-corrected chi connectivity index (χ2v) is 5.12. The lowest BCUT2D eigenvalue weighted by molar-refractivity contribution is 0.602. The Hall–Kier alpha value is -1.82.